The molecule has 1 amide bonds. The third-order valence-electron chi connectivity index (χ3n) is 2.97. The molecule has 0 saturated heterocycles. The van der Waals surface area contributed by atoms with Crippen molar-refractivity contribution in [3.05, 3.63) is 55.3 Å². The Balaban J connectivity index is 1.91. The maximum atomic E-state index is 11.3. The number of aromatic nitrogens is 3. The number of nitrogens with zero attached hydrogens (tertiary/aromatic N) is 3. The molecule has 0 aliphatic heterocycles. The number of rotatable bonds is 4. The van der Waals surface area contributed by atoms with Crippen LogP contribution in [0.15, 0.2) is 55.3 Å². The van der Waals surface area contributed by atoms with Crippen molar-refractivity contribution in [1.29, 1.82) is 0 Å². The third-order valence-corrected chi connectivity index (χ3v) is 2.97. The van der Waals surface area contributed by atoms with E-state index in [9.17, 15) is 4.79 Å². The summed E-state index contributed by atoms with van der Waals surface area (Å²) >= 11 is 0. The molecule has 0 bridgehead atoms. The molecule has 0 radical (unpaired) electrons. The Bertz CT molecular complexity index is 854. The summed E-state index contributed by atoms with van der Waals surface area (Å²) < 4.78 is 1.64. The first-order chi connectivity index (χ1) is 10.7. The molecule has 3 rings (SSSR count). The number of nitrogens with one attached hydrogen (secondary N) is 2. The highest BCUT2D eigenvalue weighted by Crippen LogP contribution is 2.21. The minimum atomic E-state index is -0.264. The second-order valence-electron chi connectivity index (χ2n) is 4.57. The summed E-state index contributed by atoms with van der Waals surface area (Å²) in [6.45, 7) is 3.42. The van der Waals surface area contributed by atoms with Crippen molar-refractivity contribution in [3.63, 3.8) is 0 Å². The minimum Gasteiger partial charge on any atom is -0.384 e. The number of fused-ring (bicyclic) bond motifs is 1. The zero-order chi connectivity index (χ0) is 15.5. The van der Waals surface area contributed by atoms with E-state index >= 15 is 0 Å². The van der Waals surface area contributed by atoms with Crippen LogP contribution in [-0.4, -0.2) is 20.5 Å². The van der Waals surface area contributed by atoms with Gasteiger partial charge < -0.3 is 16.4 Å². The summed E-state index contributed by atoms with van der Waals surface area (Å²) in [6.07, 6.45) is 2.87. The Morgan fingerprint density at radius 1 is 1.27 bits per heavy atom. The van der Waals surface area contributed by atoms with Gasteiger partial charge in [-0.1, -0.05) is 12.6 Å². The summed E-state index contributed by atoms with van der Waals surface area (Å²) in [5, 5.41) is 10.1. The highest BCUT2D eigenvalue weighted by atomic mass is 16.1. The first-order valence-electron chi connectivity index (χ1n) is 6.56. The molecule has 4 N–H and O–H groups in total. The molecule has 0 unspecified atom stereocenters. The third kappa shape index (κ3) is 2.73. The summed E-state index contributed by atoms with van der Waals surface area (Å²) in [6, 6.07) is 10.7. The Labute approximate surface area is 126 Å². The largest absolute Gasteiger partial charge is 0.384 e. The quantitative estimate of drug-likeness (QED) is 0.641. The van der Waals surface area contributed by atoms with Crippen LogP contribution in [0.5, 0.6) is 0 Å². The van der Waals surface area contributed by atoms with Crippen LogP contribution in [0.2, 0.25) is 0 Å². The predicted molar refractivity (Wildman–Crippen MR) is 86.0 cm³/mol. The van der Waals surface area contributed by atoms with Crippen LogP contribution in [-0.2, 0) is 4.79 Å². The number of hydrogen-bond acceptors (Lipinski definition) is 5. The van der Waals surface area contributed by atoms with E-state index in [1.54, 1.807) is 35.0 Å². The van der Waals surface area contributed by atoms with Gasteiger partial charge in [0.2, 0.25) is 5.91 Å². The first kappa shape index (κ1) is 13.6. The fraction of sp³-hybridized carbons (Fsp3) is 0. The molecule has 2 heterocycles. The molecule has 2 aromatic heterocycles. The van der Waals surface area contributed by atoms with Gasteiger partial charge in [0.15, 0.2) is 5.65 Å². The number of carbonyl (C=O) groups excluding carboxylic acids is 1. The Morgan fingerprint density at radius 3 is 2.91 bits per heavy atom. The molecule has 0 saturated carbocycles. The number of nitrogens with two attached hydrogens (primary N) is 1. The van der Waals surface area contributed by atoms with Gasteiger partial charge in [0.05, 0.1) is 6.20 Å². The maximum absolute atomic E-state index is 11.3. The van der Waals surface area contributed by atoms with Crippen molar-refractivity contribution in [2.45, 2.75) is 0 Å². The monoisotopic (exact) mass is 294 g/mol. The number of amides is 1. The maximum Gasteiger partial charge on any atom is 0.247 e. The van der Waals surface area contributed by atoms with E-state index in [0.717, 1.165) is 5.69 Å². The SMILES string of the molecule is C=CC(=O)Nc1cccc(Nc2cc(N)nc3ccnn23)c1. The molecule has 7 nitrogen and oxygen atoms in total. The number of carbonyl (C=O) groups is 1. The second-order valence-corrected chi connectivity index (χ2v) is 4.57. The summed E-state index contributed by atoms with van der Waals surface area (Å²) in [4.78, 5) is 15.5. The van der Waals surface area contributed by atoms with Crippen molar-refractivity contribution in [2.75, 3.05) is 16.4 Å². The van der Waals surface area contributed by atoms with Crippen LogP contribution in [0.25, 0.3) is 5.65 Å². The predicted octanol–water partition coefficient (Wildman–Crippen LogP) is 2.18. The molecular formula is C15H14N6O. The molecule has 0 aliphatic carbocycles. The highest BCUT2D eigenvalue weighted by Gasteiger charge is 2.06. The van der Waals surface area contributed by atoms with Gasteiger partial charge in [-0.25, -0.2) is 4.98 Å². The molecule has 0 spiro atoms. The van der Waals surface area contributed by atoms with Crippen LogP contribution in [0.1, 0.15) is 0 Å². The summed E-state index contributed by atoms with van der Waals surface area (Å²) in [5.74, 6) is 0.811. The lowest BCUT2D eigenvalue weighted by Crippen LogP contribution is -2.08. The van der Waals surface area contributed by atoms with Gasteiger partial charge in [-0.05, 0) is 24.3 Å². The topological polar surface area (TPSA) is 97.3 Å². The van der Waals surface area contributed by atoms with E-state index in [1.165, 1.54) is 6.08 Å². The molecule has 7 heteroatoms. The standard InChI is InChI=1S/C15H14N6O/c1-2-15(22)19-11-5-3-4-10(8-11)18-14-9-12(16)20-13-6-7-17-21(13)14/h2-9,18H,1H2,(H2,16,20)(H,19,22). The molecule has 0 atom stereocenters. The zero-order valence-corrected chi connectivity index (χ0v) is 11.7. The first-order valence-corrected chi connectivity index (χ1v) is 6.56. The average Bonchev–Trinajstić information content (AvgIpc) is 2.95. The number of anilines is 4. The van der Waals surface area contributed by atoms with E-state index in [4.69, 9.17) is 5.73 Å². The van der Waals surface area contributed by atoms with Gasteiger partial charge in [-0.2, -0.15) is 9.61 Å². The van der Waals surface area contributed by atoms with Gasteiger partial charge in [0.1, 0.15) is 11.6 Å². The van der Waals surface area contributed by atoms with E-state index in [1.807, 2.05) is 12.1 Å². The Hall–Kier alpha value is -3.35. The summed E-state index contributed by atoms with van der Waals surface area (Å²) in [5.41, 5.74) is 7.89. The van der Waals surface area contributed by atoms with Crippen LogP contribution in [0, 0.1) is 0 Å². The van der Waals surface area contributed by atoms with Crippen LogP contribution in [0.4, 0.5) is 23.0 Å². The van der Waals surface area contributed by atoms with Crippen molar-refractivity contribution in [3.8, 4) is 0 Å². The zero-order valence-electron chi connectivity index (χ0n) is 11.7. The van der Waals surface area contributed by atoms with Crippen molar-refractivity contribution >= 4 is 34.6 Å². The Kier molecular flexibility index (Phi) is 3.45. The Morgan fingerprint density at radius 2 is 2.09 bits per heavy atom. The fourth-order valence-corrected chi connectivity index (χ4v) is 2.04. The van der Waals surface area contributed by atoms with Crippen molar-refractivity contribution in [1.82, 2.24) is 14.6 Å². The lowest BCUT2D eigenvalue weighted by Gasteiger charge is -2.10. The van der Waals surface area contributed by atoms with Crippen LogP contribution >= 0.6 is 0 Å². The van der Waals surface area contributed by atoms with Gasteiger partial charge in [0, 0.05) is 23.5 Å². The highest BCUT2D eigenvalue weighted by molar-refractivity contribution is 5.99. The molecule has 3 aromatic rings. The van der Waals surface area contributed by atoms with Gasteiger partial charge >= 0.3 is 0 Å². The number of nitrogen functional groups attached to an aromatic ring is 1. The smallest absolute Gasteiger partial charge is 0.247 e. The molecular weight excluding hydrogens is 280 g/mol. The van der Waals surface area contributed by atoms with E-state index in [2.05, 4.69) is 27.3 Å². The number of hydrogen-bond donors (Lipinski definition) is 3. The van der Waals surface area contributed by atoms with Gasteiger partial charge in [-0.15, -0.1) is 0 Å². The molecule has 22 heavy (non-hydrogen) atoms. The molecule has 110 valence electrons. The van der Waals surface area contributed by atoms with E-state index < -0.39 is 0 Å². The average molecular weight is 294 g/mol. The van der Waals surface area contributed by atoms with Crippen molar-refractivity contribution < 1.29 is 4.79 Å². The second kappa shape index (κ2) is 5.57. The van der Waals surface area contributed by atoms with E-state index in [0.29, 0.717) is 23.0 Å². The number of benzene rings is 1. The minimum absolute atomic E-state index is 0.264. The normalized spacial score (nSPS) is 10.4. The molecule has 1 aromatic carbocycles. The lowest BCUT2D eigenvalue weighted by atomic mass is 10.2. The van der Waals surface area contributed by atoms with Crippen LogP contribution < -0.4 is 16.4 Å². The summed E-state index contributed by atoms with van der Waals surface area (Å²) in [7, 11) is 0. The molecule has 0 fully saturated rings. The lowest BCUT2D eigenvalue weighted by molar-refractivity contribution is -0.111. The van der Waals surface area contributed by atoms with Crippen molar-refractivity contribution in [2.24, 2.45) is 0 Å². The molecule has 0 aliphatic rings. The van der Waals surface area contributed by atoms with Gasteiger partial charge in [0.25, 0.3) is 0 Å². The van der Waals surface area contributed by atoms with Crippen LogP contribution in [0.3, 0.4) is 0 Å². The fourth-order valence-electron chi connectivity index (χ4n) is 2.04. The van der Waals surface area contributed by atoms with E-state index in [-0.39, 0.29) is 5.91 Å². The van der Waals surface area contributed by atoms with Gasteiger partial charge in [-0.3, -0.25) is 4.79 Å².